The Balaban J connectivity index is 1.44. The lowest BCUT2D eigenvalue weighted by Gasteiger charge is -2.10. The summed E-state index contributed by atoms with van der Waals surface area (Å²) in [5.74, 6) is 0.957. The maximum atomic E-state index is 13.1. The van der Waals surface area contributed by atoms with Gasteiger partial charge in [0.05, 0.1) is 18.2 Å². The molecule has 34 heavy (non-hydrogen) atoms. The average molecular weight is 453 g/mol. The van der Waals surface area contributed by atoms with Gasteiger partial charge >= 0.3 is 5.97 Å². The van der Waals surface area contributed by atoms with Crippen LogP contribution in [-0.2, 0) is 6.54 Å². The van der Waals surface area contributed by atoms with Crippen LogP contribution in [0.2, 0.25) is 0 Å². The number of carbonyl (C=O) groups is 2. The van der Waals surface area contributed by atoms with E-state index in [2.05, 4.69) is 17.6 Å². The zero-order chi connectivity index (χ0) is 23.8. The van der Waals surface area contributed by atoms with Gasteiger partial charge < -0.3 is 18.8 Å². The molecule has 170 valence electrons. The summed E-state index contributed by atoms with van der Waals surface area (Å²) in [4.78, 5) is 25.7. The van der Waals surface area contributed by atoms with Gasteiger partial charge in [-0.1, -0.05) is 18.2 Å². The first-order valence-electron chi connectivity index (χ1n) is 11.0. The number of allylic oxidation sites excluding steroid dienone is 1. The van der Waals surface area contributed by atoms with E-state index in [1.807, 2.05) is 24.4 Å². The fraction of sp³-hybridized carbons (Fsp3) is 0.143. The van der Waals surface area contributed by atoms with Crippen molar-refractivity contribution in [1.82, 2.24) is 4.57 Å². The SMILES string of the molecule is CCn1cc(C=C2Oc3c(ccc(OC(=O)c4ccc(OC)cc4)c3C)C2=O)c2ccccc21. The van der Waals surface area contributed by atoms with Crippen molar-refractivity contribution in [3.63, 3.8) is 0 Å². The number of rotatable bonds is 5. The first-order valence-corrected chi connectivity index (χ1v) is 11.0. The normalized spacial score (nSPS) is 13.7. The second-order valence-electron chi connectivity index (χ2n) is 8.01. The molecule has 3 aromatic carbocycles. The van der Waals surface area contributed by atoms with Crippen molar-refractivity contribution in [1.29, 1.82) is 0 Å². The van der Waals surface area contributed by atoms with Crippen LogP contribution in [0, 0.1) is 6.92 Å². The van der Waals surface area contributed by atoms with Crippen molar-refractivity contribution >= 4 is 28.7 Å². The van der Waals surface area contributed by atoms with E-state index in [9.17, 15) is 9.59 Å². The molecular weight excluding hydrogens is 430 g/mol. The minimum absolute atomic E-state index is 0.195. The number of nitrogens with zero attached hydrogens (tertiary/aromatic N) is 1. The number of carbonyl (C=O) groups excluding carboxylic acids is 2. The highest BCUT2D eigenvalue weighted by atomic mass is 16.5. The number of ketones is 1. The van der Waals surface area contributed by atoms with E-state index >= 15 is 0 Å². The lowest BCUT2D eigenvalue weighted by molar-refractivity contribution is 0.0733. The van der Waals surface area contributed by atoms with E-state index in [1.54, 1.807) is 56.5 Å². The molecule has 4 aromatic rings. The second-order valence-corrected chi connectivity index (χ2v) is 8.01. The Labute approximate surface area is 197 Å². The van der Waals surface area contributed by atoms with E-state index < -0.39 is 5.97 Å². The van der Waals surface area contributed by atoms with Gasteiger partial charge in [0.1, 0.15) is 17.2 Å². The number of methoxy groups -OCH3 is 1. The van der Waals surface area contributed by atoms with Crippen LogP contribution in [0.4, 0.5) is 0 Å². The van der Waals surface area contributed by atoms with Crippen molar-refractivity contribution in [3.8, 4) is 17.2 Å². The number of fused-ring (bicyclic) bond motifs is 2. The molecule has 0 N–H and O–H groups in total. The third-order valence-corrected chi connectivity index (χ3v) is 6.01. The van der Waals surface area contributed by atoms with Gasteiger partial charge in [-0.3, -0.25) is 4.79 Å². The number of hydrogen-bond acceptors (Lipinski definition) is 5. The summed E-state index contributed by atoms with van der Waals surface area (Å²) < 4.78 is 18.9. The molecule has 0 saturated carbocycles. The maximum Gasteiger partial charge on any atom is 0.343 e. The smallest absolute Gasteiger partial charge is 0.343 e. The summed E-state index contributed by atoms with van der Waals surface area (Å²) in [5.41, 5.74) is 3.45. The topological polar surface area (TPSA) is 66.8 Å². The van der Waals surface area contributed by atoms with E-state index in [0.29, 0.717) is 33.9 Å². The molecule has 0 unspecified atom stereocenters. The largest absolute Gasteiger partial charge is 0.497 e. The van der Waals surface area contributed by atoms with Gasteiger partial charge in [0.15, 0.2) is 5.76 Å². The van der Waals surface area contributed by atoms with Gasteiger partial charge in [-0.25, -0.2) is 4.79 Å². The standard InChI is InChI=1S/C28H23NO5/c1-4-29-16-19(21-7-5-6-8-23(21)29)15-25-26(30)22-13-14-24(17(2)27(22)33-25)34-28(31)18-9-11-20(32-3)12-10-18/h5-16H,4H2,1-3H3. The number of para-hydroxylation sites is 1. The first kappa shape index (κ1) is 21.5. The van der Waals surface area contributed by atoms with Gasteiger partial charge in [-0.15, -0.1) is 0 Å². The Morgan fingerprint density at radius 2 is 1.82 bits per heavy atom. The lowest BCUT2D eigenvalue weighted by atomic mass is 10.1. The van der Waals surface area contributed by atoms with Gasteiger partial charge in [0, 0.05) is 34.8 Å². The van der Waals surface area contributed by atoms with E-state index in [4.69, 9.17) is 14.2 Å². The zero-order valence-electron chi connectivity index (χ0n) is 19.1. The second kappa shape index (κ2) is 8.56. The van der Waals surface area contributed by atoms with Crippen LogP contribution in [0.25, 0.3) is 17.0 Å². The predicted molar refractivity (Wildman–Crippen MR) is 130 cm³/mol. The predicted octanol–water partition coefficient (Wildman–Crippen LogP) is 5.81. The van der Waals surface area contributed by atoms with E-state index in [1.165, 1.54) is 0 Å². The number of aryl methyl sites for hydroxylation is 1. The van der Waals surface area contributed by atoms with Crippen LogP contribution in [0.3, 0.4) is 0 Å². The average Bonchev–Trinajstić information content (AvgIpc) is 3.39. The minimum atomic E-state index is -0.502. The maximum absolute atomic E-state index is 13.1. The molecule has 0 aliphatic carbocycles. The molecule has 0 atom stereocenters. The molecule has 0 spiro atoms. The molecule has 1 aliphatic rings. The molecule has 1 aromatic heterocycles. The number of hydrogen-bond donors (Lipinski definition) is 0. The summed E-state index contributed by atoms with van der Waals surface area (Å²) in [5, 5.41) is 1.05. The third kappa shape index (κ3) is 3.63. The number of aromatic nitrogens is 1. The highest BCUT2D eigenvalue weighted by Crippen LogP contribution is 2.40. The Morgan fingerprint density at radius 1 is 1.06 bits per heavy atom. The molecule has 0 fully saturated rings. The number of benzene rings is 3. The van der Waals surface area contributed by atoms with Crippen LogP contribution >= 0.6 is 0 Å². The third-order valence-electron chi connectivity index (χ3n) is 6.01. The Morgan fingerprint density at radius 3 is 2.56 bits per heavy atom. The summed E-state index contributed by atoms with van der Waals surface area (Å²) in [6, 6.07) is 18.0. The van der Waals surface area contributed by atoms with Crippen molar-refractivity contribution in [2.24, 2.45) is 0 Å². The van der Waals surface area contributed by atoms with Gasteiger partial charge in [0.25, 0.3) is 0 Å². The van der Waals surface area contributed by atoms with Gasteiger partial charge in [-0.05, 0) is 62.4 Å². The monoisotopic (exact) mass is 453 g/mol. The summed E-state index contributed by atoms with van der Waals surface area (Å²) in [6.07, 6.45) is 3.80. The minimum Gasteiger partial charge on any atom is -0.497 e. The summed E-state index contributed by atoms with van der Waals surface area (Å²) >= 11 is 0. The van der Waals surface area contributed by atoms with E-state index in [-0.39, 0.29) is 11.5 Å². The highest BCUT2D eigenvalue weighted by molar-refractivity contribution is 6.15. The molecule has 0 radical (unpaired) electrons. The molecule has 6 nitrogen and oxygen atoms in total. The molecule has 0 amide bonds. The fourth-order valence-electron chi connectivity index (χ4n) is 4.16. The fourth-order valence-corrected chi connectivity index (χ4v) is 4.16. The van der Waals surface area contributed by atoms with Crippen molar-refractivity contribution in [3.05, 3.63) is 94.9 Å². The summed E-state index contributed by atoms with van der Waals surface area (Å²) in [7, 11) is 1.56. The van der Waals surface area contributed by atoms with E-state index in [0.717, 1.165) is 23.0 Å². The molecule has 0 saturated heterocycles. The molecule has 1 aliphatic heterocycles. The molecule has 6 heteroatoms. The number of esters is 1. The van der Waals surface area contributed by atoms with Crippen LogP contribution in [0.5, 0.6) is 17.2 Å². The molecular formula is C28H23NO5. The summed E-state index contributed by atoms with van der Waals surface area (Å²) in [6.45, 7) is 4.67. The molecule has 5 rings (SSSR count). The quantitative estimate of drug-likeness (QED) is 0.217. The van der Waals surface area contributed by atoms with Gasteiger partial charge in [-0.2, -0.15) is 0 Å². The van der Waals surface area contributed by atoms with Crippen LogP contribution < -0.4 is 14.2 Å². The Bertz CT molecular complexity index is 1460. The molecule has 0 bridgehead atoms. The highest BCUT2D eigenvalue weighted by Gasteiger charge is 2.31. The zero-order valence-corrected chi connectivity index (χ0v) is 19.1. The van der Waals surface area contributed by atoms with Crippen LogP contribution in [0.15, 0.2) is 72.6 Å². The van der Waals surface area contributed by atoms with Crippen molar-refractivity contribution < 1.29 is 23.8 Å². The number of Topliss-reactive ketones (excluding diaryl/α,β-unsaturated/α-hetero) is 1. The first-order chi connectivity index (χ1) is 16.5. The van der Waals surface area contributed by atoms with Crippen LogP contribution in [-0.4, -0.2) is 23.4 Å². The van der Waals surface area contributed by atoms with Gasteiger partial charge in [0.2, 0.25) is 5.78 Å². The Kier molecular flexibility index (Phi) is 5.42. The Hall–Kier alpha value is -4.32. The lowest BCUT2D eigenvalue weighted by Crippen LogP contribution is -2.09. The molecule has 2 heterocycles. The van der Waals surface area contributed by atoms with Crippen molar-refractivity contribution in [2.45, 2.75) is 20.4 Å². The van der Waals surface area contributed by atoms with Crippen molar-refractivity contribution in [2.75, 3.05) is 7.11 Å². The van der Waals surface area contributed by atoms with Crippen LogP contribution in [0.1, 0.15) is 38.8 Å². The number of ether oxygens (including phenoxy) is 3.